The lowest BCUT2D eigenvalue weighted by Crippen LogP contribution is -1.66. The Morgan fingerprint density at radius 3 is 0.700 bits per heavy atom. The SMILES string of the molecule is O.O.O.O.O.O=P(O)(O)O. The Labute approximate surface area is 55.7 Å². The highest BCUT2D eigenvalue weighted by Gasteiger charge is 2.00. The summed E-state index contributed by atoms with van der Waals surface area (Å²) in [6, 6.07) is 0. The van der Waals surface area contributed by atoms with Gasteiger partial charge in [0.1, 0.15) is 0 Å². The monoisotopic (exact) mass is 188 g/mol. The van der Waals surface area contributed by atoms with E-state index >= 15 is 0 Å². The van der Waals surface area contributed by atoms with Crippen LogP contribution in [-0.2, 0) is 4.57 Å². The summed E-state index contributed by atoms with van der Waals surface area (Å²) in [5.41, 5.74) is 0. The van der Waals surface area contributed by atoms with Gasteiger partial charge in [-0.3, -0.25) is 0 Å². The Kier molecular flexibility index (Phi) is 82.1. The topological polar surface area (TPSA) is 235 Å². The number of hydrogen-bond donors (Lipinski definition) is 3. The van der Waals surface area contributed by atoms with Crippen molar-refractivity contribution in [1.82, 2.24) is 0 Å². The molecule has 0 aromatic heterocycles. The van der Waals surface area contributed by atoms with Crippen molar-refractivity contribution in [2.75, 3.05) is 0 Å². The maximum absolute atomic E-state index is 8.88. The van der Waals surface area contributed by atoms with E-state index in [1.807, 2.05) is 0 Å². The lowest BCUT2D eigenvalue weighted by Gasteiger charge is -1.82. The van der Waals surface area contributed by atoms with Gasteiger partial charge in [-0.1, -0.05) is 0 Å². The normalized spacial score (nSPS) is 5.90. The molecule has 13 N–H and O–H groups in total. The fourth-order valence-electron chi connectivity index (χ4n) is 0. The predicted octanol–water partition coefficient (Wildman–Crippen LogP) is -5.05. The third-order valence-electron chi connectivity index (χ3n) is 0. The van der Waals surface area contributed by atoms with Crippen LogP contribution in [0.4, 0.5) is 0 Å². The zero-order valence-corrected chi connectivity index (χ0v) is 5.59. The third-order valence-corrected chi connectivity index (χ3v) is 0. The Morgan fingerprint density at radius 2 is 0.700 bits per heavy atom. The van der Waals surface area contributed by atoms with Crippen molar-refractivity contribution in [1.29, 1.82) is 0 Å². The van der Waals surface area contributed by atoms with E-state index in [-0.39, 0.29) is 27.4 Å². The first-order chi connectivity index (χ1) is 2.00. The van der Waals surface area contributed by atoms with Crippen molar-refractivity contribution in [3.05, 3.63) is 0 Å². The average molecular weight is 188 g/mol. The minimum atomic E-state index is -4.64. The molecule has 0 aliphatic rings. The van der Waals surface area contributed by atoms with Crippen LogP contribution in [0, 0.1) is 0 Å². The van der Waals surface area contributed by atoms with Gasteiger partial charge in [-0.2, -0.15) is 0 Å². The van der Waals surface area contributed by atoms with E-state index in [0.717, 1.165) is 0 Å². The van der Waals surface area contributed by atoms with Crippen LogP contribution in [0.1, 0.15) is 0 Å². The van der Waals surface area contributed by atoms with E-state index in [4.69, 9.17) is 19.2 Å². The van der Waals surface area contributed by atoms with Crippen molar-refractivity contribution in [2.24, 2.45) is 0 Å². The summed E-state index contributed by atoms with van der Waals surface area (Å²) in [5.74, 6) is 0. The Hall–Kier alpha value is -0.0900. The smallest absolute Gasteiger partial charge is 0.412 e. The molecule has 0 saturated carbocycles. The zero-order valence-electron chi connectivity index (χ0n) is 4.70. The molecule has 0 unspecified atom stereocenters. The maximum Gasteiger partial charge on any atom is 0.466 e. The summed E-state index contributed by atoms with van der Waals surface area (Å²) in [7, 11) is -4.64. The molecule has 9 nitrogen and oxygen atoms in total. The van der Waals surface area contributed by atoms with Crippen LogP contribution in [0.5, 0.6) is 0 Å². The van der Waals surface area contributed by atoms with Crippen LogP contribution in [0.15, 0.2) is 0 Å². The van der Waals surface area contributed by atoms with Crippen LogP contribution in [0.2, 0.25) is 0 Å². The van der Waals surface area contributed by atoms with Crippen molar-refractivity contribution in [2.45, 2.75) is 0 Å². The van der Waals surface area contributed by atoms with Crippen LogP contribution in [0.25, 0.3) is 0 Å². The van der Waals surface area contributed by atoms with E-state index in [9.17, 15) is 0 Å². The second-order valence-electron chi connectivity index (χ2n) is 0.513. The first-order valence-corrected chi connectivity index (χ1v) is 2.35. The lowest BCUT2D eigenvalue weighted by atomic mass is 15.8. The minimum Gasteiger partial charge on any atom is -0.412 e. The molecular formula is H13O9P. The van der Waals surface area contributed by atoms with Gasteiger partial charge in [-0.15, -0.1) is 0 Å². The van der Waals surface area contributed by atoms with Gasteiger partial charge in [0.2, 0.25) is 0 Å². The van der Waals surface area contributed by atoms with E-state index in [0.29, 0.717) is 0 Å². The average Bonchev–Trinajstić information content (AvgIpc) is 0.722. The lowest BCUT2D eigenvalue weighted by molar-refractivity contribution is 0.275. The second-order valence-corrected chi connectivity index (χ2v) is 1.54. The van der Waals surface area contributed by atoms with Gasteiger partial charge in [0.05, 0.1) is 0 Å². The van der Waals surface area contributed by atoms with Gasteiger partial charge in [-0.05, 0) is 0 Å². The molecule has 0 aliphatic heterocycles. The quantitative estimate of drug-likeness (QED) is 0.316. The molecule has 0 atom stereocenters. The van der Waals surface area contributed by atoms with Crippen LogP contribution in [-0.4, -0.2) is 42.1 Å². The molecular weight excluding hydrogens is 175 g/mol. The highest BCUT2D eigenvalue weighted by Crippen LogP contribution is 2.25. The van der Waals surface area contributed by atoms with Gasteiger partial charge in [0, 0.05) is 0 Å². The van der Waals surface area contributed by atoms with E-state index in [2.05, 4.69) is 0 Å². The molecule has 0 fully saturated rings. The van der Waals surface area contributed by atoms with E-state index < -0.39 is 7.82 Å². The summed E-state index contributed by atoms with van der Waals surface area (Å²) in [4.78, 5) is 21.6. The van der Waals surface area contributed by atoms with Crippen LogP contribution >= 0.6 is 7.82 Å². The summed E-state index contributed by atoms with van der Waals surface area (Å²) in [6.07, 6.45) is 0. The fourth-order valence-corrected chi connectivity index (χ4v) is 0. The second kappa shape index (κ2) is 16.0. The van der Waals surface area contributed by atoms with Crippen molar-refractivity contribution >= 4 is 7.82 Å². The molecule has 0 rings (SSSR count). The Balaban J connectivity index is -0.00000000800. The van der Waals surface area contributed by atoms with Gasteiger partial charge in [0.25, 0.3) is 0 Å². The minimum absolute atomic E-state index is 0. The summed E-state index contributed by atoms with van der Waals surface area (Å²) in [5, 5.41) is 0. The zero-order chi connectivity index (χ0) is 4.50. The first-order valence-electron chi connectivity index (χ1n) is 0.783. The maximum atomic E-state index is 8.88. The Bertz CT molecular complexity index is 50.9. The third kappa shape index (κ3) is 46600. The first kappa shape index (κ1) is 51.5. The standard InChI is InChI=1S/H3O4P.5H2O/c1-5(2,3)4;;;;;/h(H3,1,2,3,4);5*1H2. The van der Waals surface area contributed by atoms with Gasteiger partial charge in [0.15, 0.2) is 0 Å². The largest absolute Gasteiger partial charge is 0.466 e. The molecule has 0 aromatic carbocycles. The molecule has 0 saturated heterocycles. The molecule has 0 heterocycles. The van der Waals surface area contributed by atoms with Gasteiger partial charge in [-0.25, -0.2) is 4.57 Å². The predicted molar refractivity (Wildman–Crippen MR) is 32.3 cm³/mol. The molecule has 0 aliphatic carbocycles. The van der Waals surface area contributed by atoms with E-state index in [1.165, 1.54) is 0 Å². The highest BCUT2D eigenvalue weighted by atomic mass is 31.2. The van der Waals surface area contributed by atoms with Crippen molar-refractivity contribution < 1.29 is 46.6 Å². The molecule has 72 valence electrons. The van der Waals surface area contributed by atoms with E-state index in [1.54, 1.807) is 0 Å². The molecule has 10 heteroatoms. The van der Waals surface area contributed by atoms with Gasteiger partial charge < -0.3 is 42.1 Å². The summed E-state index contributed by atoms with van der Waals surface area (Å²) >= 11 is 0. The summed E-state index contributed by atoms with van der Waals surface area (Å²) in [6.45, 7) is 0. The Morgan fingerprint density at radius 1 is 0.700 bits per heavy atom. The summed E-state index contributed by atoms with van der Waals surface area (Å²) < 4.78 is 8.88. The molecule has 0 radical (unpaired) electrons. The molecule has 0 amide bonds. The van der Waals surface area contributed by atoms with Crippen molar-refractivity contribution in [3.63, 3.8) is 0 Å². The highest BCUT2D eigenvalue weighted by molar-refractivity contribution is 7.45. The number of phosphoric acid groups is 1. The molecule has 0 bridgehead atoms. The molecule has 10 heavy (non-hydrogen) atoms. The van der Waals surface area contributed by atoms with Crippen LogP contribution < -0.4 is 0 Å². The molecule has 0 spiro atoms. The number of hydrogen-bond acceptors (Lipinski definition) is 1. The van der Waals surface area contributed by atoms with Gasteiger partial charge >= 0.3 is 7.82 Å². The number of rotatable bonds is 0. The van der Waals surface area contributed by atoms with Crippen LogP contribution in [0.3, 0.4) is 0 Å². The molecule has 0 aromatic rings. The fraction of sp³-hybridized carbons (Fsp3) is 0. The van der Waals surface area contributed by atoms with Crippen molar-refractivity contribution in [3.8, 4) is 0 Å².